The fraction of sp³-hybridized carbons (Fsp3) is 0.500. The number of hydrogen-bond acceptors (Lipinski definition) is 7. The van der Waals surface area contributed by atoms with Gasteiger partial charge in [0.25, 0.3) is 11.5 Å². The highest BCUT2D eigenvalue weighted by molar-refractivity contribution is 8.26. The number of benzene rings is 1. The van der Waals surface area contributed by atoms with Crippen LogP contribution in [0.2, 0.25) is 0 Å². The van der Waals surface area contributed by atoms with Gasteiger partial charge in [-0.15, -0.1) is 0 Å². The molecule has 2 aliphatic rings. The summed E-state index contributed by atoms with van der Waals surface area (Å²) in [5.74, 6) is 0.538. The Labute approximate surface area is 277 Å². The molecule has 3 aromatic rings. The first-order chi connectivity index (χ1) is 21.9. The number of carbonyl (C=O) groups excluding carboxylic acids is 1. The van der Waals surface area contributed by atoms with Crippen molar-refractivity contribution >= 4 is 51.7 Å². The van der Waals surface area contributed by atoms with Crippen molar-refractivity contribution in [2.75, 3.05) is 37.6 Å². The lowest BCUT2D eigenvalue weighted by atomic mass is 10.1. The molecule has 2 aromatic heterocycles. The maximum Gasteiger partial charge on any atom is 0.267 e. The van der Waals surface area contributed by atoms with Gasteiger partial charge < -0.3 is 4.90 Å². The molecule has 5 rings (SSSR count). The van der Waals surface area contributed by atoms with E-state index in [0.717, 1.165) is 51.1 Å². The van der Waals surface area contributed by atoms with Gasteiger partial charge in [-0.1, -0.05) is 125 Å². The molecule has 0 N–H and O–H groups in total. The van der Waals surface area contributed by atoms with Gasteiger partial charge in [-0.2, -0.15) is 0 Å². The molecule has 240 valence electrons. The van der Waals surface area contributed by atoms with Crippen molar-refractivity contribution in [1.82, 2.24) is 19.2 Å². The summed E-state index contributed by atoms with van der Waals surface area (Å²) in [6.45, 7) is 8.98. The minimum atomic E-state index is -0.162. The second-order valence-corrected chi connectivity index (χ2v) is 14.0. The molecule has 0 aliphatic carbocycles. The van der Waals surface area contributed by atoms with Gasteiger partial charge in [0.15, 0.2) is 0 Å². The number of aromatic nitrogens is 2. The minimum Gasteiger partial charge on any atom is -0.353 e. The number of thioether (sulfide) groups is 1. The molecular formula is C36H47N5O2S2. The molecule has 7 nitrogen and oxygen atoms in total. The van der Waals surface area contributed by atoms with Crippen molar-refractivity contribution in [3.8, 4) is 0 Å². The molecule has 0 spiro atoms. The van der Waals surface area contributed by atoms with E-state index >= 15 is 0 Å². The third kappa shape index (κ3) is 8.83. The monoisotopic (exact) mass is 645 g/mol. The number of aryl methyl sites for hydroxylation is 1. The Morgan fingerprint density at radius 1 is 0.867 bits per heavy atom. The van der Waals surface area contributed by atoms with E-state index in [4.69, 9.17) is 17.2 Å². The number of anilines is 1. The largest absolute Gasteiger partial charge is 0.353 e. The summed E-state index contributed by atoms with van der Waals surface area (Å²) in [4.78, 5) is 39.3. The highest BCUT2D eigenvalue weighted by Gasteiger charge is 2.33. The SMILES string of the molecule is CCCCCCCCCCCCN1C(=O)C(=Cc2c(N3CCN(Cc4ccccc4)CC3)nc3ccc(C)cn3c2=O)SC1=S. The van der Waals surface area contributed by atoms with E-state index in [0.29, 0.717) is 32.8 Å². The molecule has 9 heteroatoms. The van der Waals surface area contributed by atoms with E-state index < -0.39 is 0 Å². The van der Waals surface area contributed by atoms with E-state index in [2.05, 4.69) is 41.0 Å². The van der Waals surface area contributed by atoms with E-state index in [1.54, 1.807) is 15.4 Å². The van der Waals surface area contributed by atoms with E-state index in [1.165, 1.54) is 68.7 Å². The Morgan fingerprint density at radius 3 is 2.22 bits per heavy atom. The average molecular weight is 646 g/mol. The summed E-state index contributed by atoms with van der Waals surface area (Å²) in [6.07, 6.45) is 16.0. The number of amides is 1. The highest BCUT2D eigenvalue weighted by Crippen LogP contribution is 2.34. The second kappa shape index (κ2) is 16.5. The lowest BCUT2D eigenvalue weighted by Gasteiger charge is -2.36. The number of unbranched alkanes of at least 4 members (excludes halogenated alkanes) is 9. The Kier molecular flexibility index (Phi) is 12.2. The third-order valence-corrected chi connectivity index (χ3v) is 10.2. The Balaban J connectivity index is 1.26. The summed E-state index contributed by atoms with van der Waals surface area (Å²) < 4.78 is 2.17. The Morgan fingerprint density at radius 2 is 1.53 bits per heavy atom. The molecule has 45 heavy (non-hydrogen) atoms. The van der Waals surface area contributed by atoms with Crippen molar-refractivity contribution in [3.05, 3.63) is 80.6 Å². The summed E-state index contributed by atoms with van der Waals surface area (Å²) in [6, 6.07) is 14.4. The van der Waals surface area contributed by atoms with Crippen LogP contribution in [0.25, 0.3) is 11.7 Å². The summed E-state index contributed by atoms with van der Waals surface area (Å²) in [7, 11) is 0. The average Bonchev–Trinajstić information content (AvgIpc) is 3.31. The number of thiocarbonyl (C=S) groups is 1. The molecule has 1 amide bonds. The maximum atomic E-state index is 14.0. The number of pyridine rings is 1. The quantitative estimate of drug-likeness (QED) is 0.0967. The molecule has 0 radical (unpaired) electrons. The van der Waals surface area contributed by atoms with Crippen LogP contribution in [0.1, 0.15) is 87.8 Å². The Hall–Kier alpha value is -3.01. The molecule has 0 unspecified atom stereocenters. The summed E-state index contributed by atoms with van der Waals surface area (Å²) >= 11 is 6.94. The van der Waals surface area contributed by atoms with Crippen LogP contribution in [0.3, 0.4) is 0 Å². The van der Waals surface area contributed by atoms with Gasteiger partial charge >= 0.3 is 0 Å². The van der Waals surface area contributed by atoms with Gasteiger partial charge in [0.2, 0.25) is 0 Å². The van der Waals surface area contributed by atoms with Gasteiger partial charge in [0.1, 0.15) is 15.8 Å². The molecule has 0 saturated carbocycles. The molecule has 1 aromatic carbocycles. The zero-order valence-corrected chi connectivity index (χ0v) is 28.5. The van der Waals surface area contributed by atoms with Gasteiger partial charge in [-0.05, 0) is 36.6 Å². The normalized spacial score (nSPS) is 16.9. The standard InChI is InChI=1S/C36H47N5O2S2/c1-3-4-5-6-7-8-9-10-11-15-20-40-35(43)31(45-36(40)44)25-30-33(37-32-19-18-28(2)26-41(32)34(30)42)39-23-21-38(22-24-39)27-29-16-13-12-14-17-29/h12-14,16-19,25-26H,3-11,15,20-24,27H2,1-2H3. The van der Waals surface area contributed by atoms with Crippen LogP contribution >= 0.6 is 24.0 Å². The van der Waals surface area contributed by atoms with Crippen LogP contribution in [0.4, 0.5) is 5.82 Å². The van der Waals surface area contributed by atoms with Crippen LogP contribution in [0.5, 0.6) is 0 Å². The number of rotatable bonds is 15. The van der Waals surface area contributed by atoms with Crippen LogP contribution in [0.15, 0.2) is 58.4 Å². The lowest BCUT2D eigenvalue weighted by Crippen LogP contribution is -2.47. The maximum absolute atomic E-state index is 14.0. The minimum absolute atomic E-state index is 0.103. The molecule has 2 aliphatic heterocycles. The van der Waals surface area contributed by atoms with Crippen LogP contribution in [0, 0.1) is 6.92 Å². The van der Waals surface area contributed by atoms with E-state index in [1.807, 2.05) is 31.3 Å². The van der Waals surface area contributed by atoms with E-state index in [9.17, 15) is 9.59 Å². The highest BCUT2D eigenvalue weighted by atomic mass is 32.2. The molecule has 0 atom stereocenters. The third-order valence-electron chi connectivity index (χ3n) is 8.79. The zero-order chi connectivity index (χ0) is 31.6. The van der Waals surface area contributed by atoms with Crippen molar-refractivity contribution in [3.63, 3.8) is 0 Å². The predicted molar refractivity (Wildman–Crippen MR) is 192 cm³/mol. The van der Waals surface area contributed by atoms with Crippen molar-refractivity contribution in [2.24, 2.45) is 0 Å². The molecule has 4 heterocycles. The van der Waals surface area contributed by atoms with Gasteiger partial charge in [0.05, 0.1) is 10.5 Å². The lowest BCUT2D eigenvalue weighted by molar-refractivity contribution is -0.122. The molecule has 2 fully saturated rings. The Bertz CT molecular complexity index is 1550. The topological polar surface area (TPSA) is 61.2 Å². The van der Waals surface area contributed by atoms with Gasteiger partial charge in [-0.25, -0.2) is 4.98 Å². The second-order valence-electron chi connectivity index (χ2n) is 12.4. The molecule has 0 bridgehead atoms. The fourth-order valence-electron chi connectivity index (χ4n) is 6.16. The van der Waals surface area contributed by atoms with Crippen LogP contribution in [-0.2, 0) is 11.3 Å². The van der Waals surface area contributed by atoms with E-state index in [-0.39, 0.29) is 11.5 Å². The zero-order valence-electron chi connectivity index (χ0n) is 26.9. The first-order valence-corrected chi connectivity index (χ1v) is 18.0. The van der Waals surface area contributed by atoms with Crippen molar-refractivity contribution in [2.45, 2.75) is 84.6 Å². The summed E-state index contributed by atoms with van der Waals surface area (Å²) in [5, 5.41) is 0. The van der Waals surface area contributed by atoms with Crippen molar-refractivity contribution < 1.29 is 4.79 Å². The number of nitrogens with zero attached hydrogens (tertiary/aromatic N) is 5. The molecular weight excluding hydrogens is 599 g/mol. The molecule has 2 saturated heterocycles. The predicted octanol–water partition coefficient (Wildman–Crippen LogP) is 7.45. The number of hydrogen-bond donors (Lipinski definition) is 0. The first-order valence-electron chi connectivity index (χ1n) is 16.7. The van der Waals surface area contributed by atoms with Crippen LogP contribution in [-0.4, -0.2) is 62.1 Å². The fourth-order valence-corrected chi connectivity index (χ4v) is 7.45. The first kappa shape index (κ1) is 33.4. The smallest absolute Gasteiger partial charge is 0.267 e. The van der Waals surface area contributed by atoms with Crippen molar-refractivity contribution in [1.29, 1.82) is 0 Å². The number of piperazine rings is 1. The number of carbonyl (C=O) groups is 1. The van der Waals surface area contributed by atoms with Crippen LogP contribution < -0.4 is 10.5 Å². The van der Waals surface area contributed by atoms with Gasteiger partial charge in [0, 0.05) is 45.5 Å². The van der Waals surface area contributed by atoms with Gasteiger partial charge in [-0.3, -0.25) is 23.8 Å². The number of fused-ring (bicyclic) bond motifs is 1. The summed E-state index contributed by atoms with van der Waals surface area (Å²) in [5.41, 5.74) is 3.17.